The van der Waals surface area contributed by atoms with Crippen LogP contribution in [0.5, 0.6) is 5.75 Å². The zero-order valence-corrected chi connectivity index (χ0v) is 21.3. The summed E-state index contributed by atoms with van der Waals surface area (Å²) in [5.41, 5.74) is 4.46. The van der Waals surface area contributed by atoms with E-state index in [4.69, 9.17) is 24.3 Å². The normalized spacial score (nSPS) is 14.9. The Morgan fingerprint density at radius 1 is 1.24 bits per heavy atom. The number of carbonyl (C=O) groups excluding carboxylic acids is 1. The number of nitrogens with one attached hydrogen (secondary N) is 1. The van der Waals surface area contributed by atoms with Gasteiger partial charge in [0.15, 0.2) is 0 Å². The molecule has 0 fully saturated rings. The molecule has 2 aromatic rings. The number of nitrogen functional groups attached to an aromatic ring is 1. The quantitative estimate of drug-likeness (QED) is 0.300. The maximum Gasteiger partial charge on any atom is 0.349 e. The van der Waals surface area contributed by atoms with Gasteiger partial charge in [-0.2, -0.15) is 4.98 Å². The maximum atomic E-state index is 12.3. The molecule has 0 aliphatic heterocycles. The molecule has 0 radical (unpaired) electrons. The van der Waals surface area contributed by atoms with E-state index < -0.39 is 31.8 Å². The lowest BCUT2D eigenvalue weighted by atomic mass is 9.97. The minimum Gasteiger partial charge on any atom is -0.462 e. The molecule has 188 valence electrons. The molecule has 2 rings (SSSR count). The number of ether oxygens (including phenoxy) is 2. The SMILES string of the molecule is CC[C@](CCn1ccc(N)nc1=O)(CO[P@](NC(C)C(=O)OC(C)C)Oc1ccccc1)OC. The van der Waals surface area contributed by atoms with E-state index in [1.807, 2.05) is 25.1 Å². The molecule has 1 heterocycles. The molecule has 1 aromatic heterocycles. The number of para-hydroxylation sites is 1. The van der Waals surface area contributed by atoms with Gasteiger partial charge in [0, 0.05) is 19.9 Å². The molecule has 11 heteroatoms. The molecule has 0 aliphatic rings. The van der Waals surface area contributed by atoms with Gasteiger partial charge in [0.2, 0.25) is 0 Å². The van der Waals surface area contributed by atoms with Crippen LogP contribution in [-0.4, -0.2) is 47.0 Å². The van der Waals surface area contributed by atoms with Crippen LogP contribution in [0.15, 0.2) is 47.4 Å². The second-order valence-electron chi connectivity index (χ2n) is 8.09. The summed E-state index contributed by atoms with van der Waals surface area (Å²) in [6, 6.07) is 10.1. The number of anilines is 1. The molecule has 0 bridgehead atoms. The van der Waals surface area contributed by atoms with Gasteiger partial charge in [-0.25, -0.2) is 9.88 Å². The van der Waals surface area contributed by atoms with Crippen LogP contribution in [0.3, 0.4) is 0 Å². The highest BCUT2D eigenvalue weighted by atomic mass is 31.2. The van der Waals surface area contributed by atoms with Gasteiger partial charge in [-0.3, -0.25) is 9.36 Å². The van der Waals surface area contributed by atoms with Crippen molar-refractivity contribution in [1.82, 2.24) is 14.6 Å². The Labute approximate surface area is 201 Å². The van der Waals surface area contributed by atoms with Gasteiger partial charge in [-0.15, -0.1) is 0 Å². The summed E-state index contributed by atoms with van der Waals surface area (Å²) in [6.07, 6.45) is 2.49. The van der Waals surface area contributed by atoms with E-state index in [2.05, 4.69) is 10.1 Å². The van der Waals surface area contributed by atoms with Crippen molar-refractivity contribution in [2.24, 2.45) is 0 Å². The minimum absolute atomic E-state index is 0.175. The monoisotopic (exact) mass is 494 g/mol. The Morgan fingerprint density at radius 2 is 1.94 bits per heavy atom. The number of hydrogen-bond acceptors (Lipinski definition) is 9. The van der Waals surface area contributed by atoms with E-state index in [1.165, 1.54) is 4.57 Å². The van der Waals surface area contributed by atoms with Crippen LogP contribution in [0.4, 0.5) is 5.82 Å². The summed E-state index contributed by atoms with van der Waals surface area (Å²) in [7, 11) is -0.109. The second kappa shape index (κ2) is 13.4. The summed E-state index contributed by atoms with van der Waals surface area (Å²) in [4.78, 5) is 28.2. The molecular formula is C23H35N4O6P. The van der Waals surface area contributed by atoms with Crippen LogP contribution in [0.25, 0.3) is 0 Å². The Balaban J connectivity index is 2.11. The molecule has 1 unspecified atom stereocenters. The molecule has 34 heavy (non-hydrogen) atoms. The number of methoxy groups -OCH3 is 1. The van der Waals surface area contributed by atoms with Gasteiger partial charge in [-0.05, 0) is 51.8 Å². The van der Waals surface area contributed by atoms with Crippen molar-refractivity contribution >= 4 is 20.3 Å². The molecular weight excluding hydrogens is 459 g/mol. The highest BCUT2D eigenvalue weighted by molar-refractivity contribution is 7.45. The largest absolute Gasteiger partial charge is 0.462 e. The van der Waals surface area contributed by atoms with E-state index in [-0.39, 0.29) is 18.5 Å². The topological polar surface area (TPSA) is 127 Å². The van der Waals surface area contributed by atoms with Crippen molar-refractivity contribution in [3.05, 3.63) is 53.1 Å². The van der Waals surface area contributed by atoms with Crippen molar-refractivity contribution < 1.29 is 23.3 Å². The Bertz CT molecular complexity index is 952. The number of esters is 1. The number of carbonyl (C=O) groups is 1. The van der Waals surface area contributed by atoms with Crippen LogP contribution in [0.1, 0.15) is 40.5 Å². The van der Waals surface area contributed by atoms with E-state index in [9.17, 15) is 9.59 Å². The number of rotatable bonds is 14. The number of hydrogen-bond donors (Lipinski definition) is 2. The van der Waals surface area contributed by atoms with Crippen LogP contribution < -0.4 is 21.0 Å². The smallest absolute Gasteiger partial charge is 0.349 e. The minimum atomic E-state index is -1.71. The van der Waals surface area contributed by atoms with Gasteiger partial charge in [0.25, 0.3) is 0 Å². The Kier molecular flexibility index (Phi) is 10.9. The van der Waals surface area contributed by atoms with Crippen LogP contribution in [0, 0.1) is 0 Å². The maximum absolute atomic E-state index is 12.3. The fourth-order valence-electron chi connectivity index (χ4n) is 2.98. The summed E-state index contributed by atoms with van der Waals surface area (Å²) in [6.45, 7) is 7.81. The van der Waals surface area contributed by atoms with Gasteiger partial charge in [-0.1, -0.05) is 25.1 Å². The zero-order chi connectivity index (χ0) is 25.1. The van der Waals surface area contributed by atoms with Crippen LogP contribution >= 0.6 is 8.53 Å². The zero-order valence-electron chi connectivity index (χ0n) is 20.4. The predicted molar refractivity (Wildman–Crippen MR) is 131 cm³/mol. The molecule has 3 atom stereocenters. The van der Waals surface area contributed by atoms with Crippen molar-refractivity contribution in [2.45, 2.75) is 64.8 Å². The third-order valence-electron chi connectivity index (χ3n) is 5.16. The number of aromatic nitrogens is 2. The lowest BCUT2D eigenvalue weighted by molar-refractivity contribution is -0.149. The molecule has 0 saturated heterocycles. The molecule has 0 spiro atoms. The summed E-state index contributed by atoms with van der Waals surface area (Å²) in [5, 5.41) is 3.09. The highest BCUT2D eigenvalue weighted by Crippen LogP contribution is 2.38. The third-order valence-corrected chi connectivity index (χ3v) is 6.50. The summed E-state index contributed by atoms with van der Waals surface area (Å²) in [5.74, 6) is 0.383. The van der Waals surface area contributed by atoms with Gasteiger partial charge < -0.3 is 24.3 Å². The first-order valence-electron chi connectivity index (χ1n) is 11.2. The first-order chi connectivity index (χ1) is 16.2. The molecule has 10 nitrogen and oxygen atoms in total. The molecule has 0 saturated carbocycles. The fraction of sp³-hybridized carbons (Fsp3) is 0.522. The first-order valence-corrected chi connectivity index (χ1v) is 12.4. The number of aryl methyl sites for hydroxylation is 1. The summed E-state index contributed by atoms with van der Waals surface area (Å²) < 4.78 is 24.7. The lowest BCUT2D eigenvalue weighted by Crippen LogP contribution is -2.40. The third kappa shape index (κ3) is 8.68. The average molecular weight is 495 g/mol. The average Bonchev–Trinajstić information content (AvgIpc) is 2.80. The van der Waals surface area contributed by atoms with Gasteiger partial charge in [0.05, 0.1) is 18.3 Å². The van der Waals surface area contributed by atoms with Crippen LogP contribution in [-0.2, 0) is 25.3 Å². The highest BCUT2D eigenvalue weighted by Gasteiger charge is 2.32. The molecule has 3 N–H and O–H groups in total. The second-order valence-corrected chi connectivity index (χ2v) is 9.30. The van der Waals surface area contributed by atoms with Crippen molar-refractivity contribution in [1.29, 1.82) is 0 Å². The van der Waals surface area contributed by atoms with E-state index in [0.717, 1.165) is 0 Å². The van der Waals surface area contributed by atoms with E-state index in [1.54, 1.807) is 52.3 Å². The van der Waals surface area contributed by atoms with Crippen molar-refractivity contribution in [3.8, 4) is 5.75 Å². The Hall–Kier alpha value is -2.52. The number of nitrogens with two attached hydrogens (primary N) is 1. The van der Waals surface area contributed by atoms with Gasteiger partial charge in [0.1, 0.15) is 17.6 Å². The number of nitrogens with zero attached hydrogens (tertiary/aromatic N) is 2. The predicted octanol–water partition coefficient (Wildman–Crippen LogP) is 3.26. The van der Waals surface area contributed by atoms with Crippen molar-refractivity contribution in [3.63, 3.8) is 0 Å². The Morgan fingerprint density at radius 3 is 2.53 bits per heavy atom. The molecule has 0 aliphatic carbocycles. The lowest BCUT2D eigenvalue weighted by Gasteiger charge is -2.33. The van der Waals surface area contributed by atoms with Crippen LogP contribution in [0.2, 0.25) is 0 Å². The first kappa shape index (κ1) is 27.7. The number of benzene rings is 1. The fourth-order valence-corrected chi connectivity index (χ4v) is 4.25. The van der Waals surface area contributed by atoms with E-state index >= 15 is 0 Å². The molecule has 0 amide bonds. The standard InChI is InChI=1S/C23H35N4O6P/c1-6-23(30-5,13-15-27-14-12-20(24)25-22(27)29)16-31-34(33-19-10-8-7-9-11-19)26-18(4)21(28)32-17(2)3/h7-12,14,17-18,26H,6,13,15-16H2,1-5H3,(H2,24,25,29)/t18?,23-,34-/m0/s1. The van der Waals surface area contributed by atoms with E-state index in [0.29, 0.717) is 25.1 Å². The molecule has 1 aromatic carbocycles. The summed E-state index contributed by atoms with van der Waals surface area (Å²) >= 11 is 0. The van der Waals surface area contributed by atoms with Gasteiger partial charge >= 0.3 is 20.2 Å². The van der Waals surface area contributed by atoms with Crippen molar-refractivity contribution in [2.75, 3.05) is 19.5 Å².